The Morgan fingerprint density at radius 2 is 2.35 bits per heavy atom. The van der Waals surface area contributed by atoms with Crippen molar-refractivity contribution in [2.24, 2.45) is 13.0 Å². The summed E-state index contributed by atoms with van der Waals surface area (Å²) in [4.78, 5) is 20.4. The van der Waals surface area contributed by atoms with Crippen LogP contribution in [0.25, 0.3) is 0 Å². The molecule has 26 heavy (non-hydrogen) atoms. The summed E-state index contributed by atoms with van der Waals surface area (Å²) < 4.78 is 7.99. The van der Waals surface area contributed by atoms with Gasteiger partial charge in [-0.15, -0.1) is 11.3 Å². The molecule has 2 aliphatic rings. The van der Waals surface area contributed by atoms with Crippen molar-refractivity contribution in [3.05, 3.63) is 40.1 Å². The van der Waals surface area contributed by atoms with Crippen LogP contribution in [0.4, 0.5) is 0 Å². The van der Waals surface area contributed by atoms with Crippen molar-refractivity contribution >= 4 is 17.2 Å². The molecule has 2 fully saturated rings. The molecule has 1 N–H and O–H groups in total. The van der Waals surface area contributed by atoms with E-state index in [1.54, 1.807) is 11.3 Å². The predicted octanol–water partition coefficient (Wildman–Crippen LogP) is 2.20. The van der Waals surface area contributed by atoms with Crippen molar-refractivity contribution < 1.29 is 9.53 Å². The molecule has 0 aromatic carbocycles. The van der Waals surface area contributed by atoms with E-state index in [0.717, 1.165) is 44.8 Å². The first-order chi connectivity index (χ1) is 12.6. The minimum absolute atomic E-state index is 0.00127. The van der Waals surface area contributed by atoms with Gasteiger partial charge in [0.05, 0.1) is 16.8 Å². The van der Waals surface area contributed by atoms with Gasteiger partial charge in [0.25, 0.3) is 5.91 Å². The van der Waals surface area contributed by atoms with Gasteiger partial charge in [0.2, 0.25) is 0 Å². The van der Waals surface area contributed by atoms with Gasteiger partial charge in [-0.25, -0.2) is 4.98 Å². The number of nitrogens with zero attached hydrogens (tertiary/aromatic N) is 3. The second-order valence-electron chi connectivity index (χ2n) is 7.45. The van der Waals surface area contributed by atoms with E-state index in [4.69, 9.17) is 4.74 Å². The third kappa shape index (κ3) is 3.31. The second kappa shape index (κ2) is 7.13. The zero-order valence-electron chi connectivity index (χ0n) is 15.4. The van der Waals surface area contributed by atoms with Gasteiger partial charge < -0.3 is 14.6 Å². The molecule has 1 atom stereocenters. The number of nitrogens with one attached hydrogen (secondary N) is 1. The van der Waals surface area contributed by atoms with Gasteiger partial charge in [0.15, 0.2) is 0 Å². The highest BCUT2D eigenvalue weighted by Gasteiger charge is 2.52. The van der Waals surface area contributed by atoms with Crippen LogP contribution in [0.5, 0.6) is 0 Å². The number of ether oxygens (including phenoxy) is 1. The van der Waals surface area contributed by atoms with Crippen LogP contribution >= 0.6 is 11.3 Å². The number of aryl methyl sites for hydroxylation is 2. The number of amides is 1. The molecule has 6 nitrogen and oxygen atoms in total. The van der Waals surface area contributed by atoms with E-state index < -0.39 is 0 Å². The summed E-state index contributed by atoms with van der Waals surface area (Å²) in [5.41, 5.74) is 3.76. The first-order valence-corrected chi connectivity index (χ1v) is 10.1. The molecule has 4 rings (SSSR count). The Hall–Kier alpha value is -1.70. The molecule has 1 amide bonds. The monoisotopic (exact) mass is 374 g/mol. The minimum Gasteiger partial charge on any atom is -0.372 e. The lowest BCUT2D eigenvalue weighted by molar-refractivity contribution is -0.136. The molecule has 2 aromatic rings. The Bertz CT molecular complexity index is 778. The van der Waals surface area contributed by atoms with E-state index >= 15 is 0 Å². The summed E-state index contributed by atoms with van der Waals surface area (Å²) in [5, 5.41) is 3.06. The molecule has 0 aliphatic carbocycles. The fraction of sp³-hybridized carbons (Fsp3) is 0.579. The third-order valence-corrected chi connectivity index (χ3v) is 6.67. The topological polar surface area (TPSA) is 59.4 Å². The zero-order chi connectivity index (χ0) is 18.1. The molecular formula is C19H26N4O2S. The maximum absolute atomic E-state index is 12.2. The molecule has 140 valence electrons. The third-order valence-electron chi connectivity index (χ3n) is 5.75. The molecule has 1 spiro atoms. The van der Waals surface area contributed by atoms with E-state index in [1.165, 1.54) is 4.88 Å². The average Bonchev–Trinajstić information content (AvgIpc) is 3.29. The van der Waals surface area contributed by atoms with E-state index in [9.17, 15) is 4.79 Å². The highest BCUT2D eigenvalue weighted by molar-refractivity contribution is 7.09. The Kier molecular flexibility index (Phi) is 4.86. The number of carbonyl (C=O) groups excluding carboxylic acids is 1. The number of thiazole rings is 1. The minimum atomic E-state index is -0.00566. The number of rotatable bonds is 6. The predicted molar refractivity (Wildman–Crippen MR) is 101 cm³/mol. The lowest BCUT2D eigenvalue weighted by Gasteiger charge is -2.50. The Morgan fingerprint density at radius 3 is 3.04 bits per heavy atom. The van der Waals surface area contributed by atoms with Crippen LogP contribution in [0.15, 0.2) is 23.8 Å². The number of carbonyl (C=O) groups is 1. The maximum Gasteiger partial charge on any atom is 0.267 e. The summed E-state index contributed by atoms with van der Waals surface area (Å²) in [6.45, 7) is 6.56. The zero-order valence-corrected chi connectivity index (χ0v) is 16.2. The maximum atomic E-state index is 12.2. The van der Waals surface area contributed by atoms with Gasteiger partial charge in [-0.3, -0.25) is 9.69 Å². The smallest absolute Gasteiger partial charge is 0.267 e. The molecule has 0 saturated carbocycles. The van der Waals surface area contributed by atoms with Crippen molar-refractivity contribution in [2.45, 2.75) is 31.9 Å². The fourth-order valence-electron chi connectivity index (χ4n) is 4.19. The van der Waals surface area contributed by atoms with Gasteiger partial charge in [-0.1, -0.05) is 0 Å². The van der Waals surface area contributed by atoms with Crippen LogP contribution < -0.4 is 5.32 Å². The average molecular weight is 375 g/mol. The lowest BCUT2D eigenvalue weighted by Crippen LogP contribution is -2.64. The van der Waals surface area contributed by atoms with E-state index in [0.29, 0.717) is 18.2 Å². The number of aromatic nitrogens is 2. The van der Waals surface area contributed by atoms with Crippen LogP contribution in [0.2, 0.25) is 0 Å². The Balaban J connectivity index is 1.26. The molecule has 1 unspecified atom stereocenters. The van der Waals surface area contributed by atoms with Gasteiger partial charge >= 0.3 is 0 Å². The van der Waals surface area contributed by atoms with Gasteiger partial charge in [-0.2, -0.15) is 0 Å². The number of hydrogen-bond donors (Lipinski definition) is 1. The van der Waals surface area contributed by atoms with Crippen molar-refractivity contribution in [1.29, 1.82) is 0 Å². The van der Waals surface area contributed by atoms with Crippen LogP contribution in [-0.4, -0.2) is 52.2 Å². The first kappa shape index (κ1) is 17.7. The SMILES string of the molecule is Cc1ncsc1CN1CC2(C1)OCCC2CCNC(=O)c1cccn1C. The van der Waals surface area contributed by atoms with E-state index in [2.05, 4.69) is 22.1 Å². The standard InChI is InChI=1S/C19H26N4O2S/c1-14-17(26-13-21-14)10-23-11-19(12-23)15(6-9-25-19)5-7-20-18(24)16-4-3-8-22(16)2/h3-4,8,13,15H,5-7,9-12H2,1-2H3,(H,20,24). The highest BCUT2D eigenvalue weighted by Crippen LogP contribution is 2.42. The van der Waals surface area contributed by atoms with Crippen molar-refractivity contribution in [2.75, 3.05) is 26.2 Å². The van der Waals surface area contributed by atoms with Crippen LogP contribution in [0.1, 0.15) is 33.9 Å². The first-order valence-electron chi connectivity index (χ1n) is 9.22. The normalized spacial score (nSPS) is 21.8. The second-order valence-corrected chi connectivity index (χ2v) is 8.39. The molecule has 2 saturated heterocycles. The largest absolute Gasteiger partial charge is 0.372 e. The number of hydrogen-bond acceptors (Lipinski definition) is 5. The van der Waals surface area contributed by atoms with E-state index in [-0.39, 0.29) is 11.5 Å². The molecule has 7 heteroatoms. The highest BCUT2D eigenvalue weighted by atomic mass is 32.1. The summed E-state index contributed by atoms with van der Waals surface area (Å²) in [5.74, 6) is 0.524. The van der Waals surface area contributed by atoms with Gasteiger partial charge in [-0.05, 0) is 37.8 Å². The number of likely N-dealkylation sites (tertiary alicyclic amines) is 1. The Labute approximate surface area is 158 Å². The van der Waals surface area contributed by atoms with Crippen molar-refractivity contribution in [3.8, 4) is 0 Å². The van der Waals surface area contributed by atoms with Crippen LogP contribution in [0, 0.1) is 12.8 Å². The summed E-state index contributed by atoms with van der Waals surface area (Å²) in [6, 6.07) is 3.74. The van der Waals surface area contributed by atoms with Crippen LogP contribution in [0.3, 0.4) is 0 Å². The molecule has 2 aromatic heterocycles. The van der Waals surface area contributed by atoms with Crippen molar-refractivity contribution in [1.82, 2.24) is 19.8 Å². The van der Waals surface area contributed by atoms with Gasteiger partial charge in [0, 0.05) is 50.9 Å². The molecule has 0 radical (unpaired) electrons. The molecule has 0 bridgehead atoms. The van der Waals surface area contributed by atoms with Crippen LogP contribution in [-0.2, 0) is 18.3 Å². The molecule has 2 aliphatic heterocycles. The van der Waals surface area contributed by atoms with E-state index in [1.807, 2.05) is 35.5 Å². The lowest BCUT2D eigenvalue weighted by atomic mass is 9.79. The summed E-state index contributed by atoms with van der Waals surface area (Å²) >= 11 is 1.73. The summed E-state index contributed by atoms with van der Waals surface area (Å²) in [6.07, 6.45) is 3.96. The van der Waals surface area contributed by atoms with Crippen molar-refractivity contribution in [3.63, 3.8) is 0 Å². The van der Waals surface area contributed by atoms with Gasteiger partial charge in [0.1, 0.15) is 5.69 Å². The quantitative estimate of drug-likeness (QED) is 0.842. The Morgan fingerprint density at radius 1 is 1.50 bits per heavy atom. The molecule has 4 heterocycles. The summed E-state index contributed by atoms with van der Waals surface area (Å²) in [7, 11) is 1.89. The molecular weight excluding hydrogens is 348 g/mol. The fourth-order valence-corrected chi connectivity index (χ4v) is 5.01.